The van der Waals surface area contributed by atoms with Gasteiger partial charge in [-0.1, -0.05) is 23.8 Å². The van der Waals surface area contributed by atoms with Gasteiger partial charge in [0.2, 0.25) is 10.0 Å². The molecule has 0 saturated heterocycles. The lowest BCUT2D eigenvalue weighted by Gasteiger charge is -2.38. The van der Waals surface area contributed by atoms with E-state index in [2.05, 4.69) is 10.0 Å². The van der Waals surface area contributed by atoms with Crippen LogP contribution in [0.4, 0.5) is 0 Å². The van der Waals surface area contributed by atoms with Gasteiger partial charge in [-0.25, -0.2) is 13.1 Å². The first-order chi connectivity index (χ1) is 12.6. The first kappa shape index (κ1) is 19.4. The van der Waals surface area contributed by atoms with Gasteiger partial charge < -0.3 is 10.1 Å². The fourth-order valence-corrected chi connectivity index (χ4v) is 4.04. The minimum absolute atomic E-state index is 0.0567. The third kappa shape index (κ3) is 4.14. The van der Waals surface area contributed by atoms with Crippen molar-refractivity contribution < 1.29 is 17.9 Å². The van der Waals surface area contributed by atoms with Crippen molar-refractivity contribution in [1.82, 2.24) is 10.0 Å². The van der Waals surface area contributed by atoms with Crippen LogP contribution in [0, 0.1) is 6.92 Å². The van der Waals surface area contributed by atoms with E-state index >= 15 is 0 Å². The highest BCUT2D eigenvalue weighted by Gasteiger charge is 2.34. The normalized spacial score (nSPS) is 18.3. The number of amides is 1. The molecular formula is C20H24N2O4S. The molecule has 0 bridgehead atoms. The summed E-state index contributed by atoms with van der Waals surface area (Å²) in [7, 11) is -2.27. The van der Waals surface area contributed by atoms with Gasteiger partial charge in [0.1, 0.15) is 11.4 Å². The van der Waals surface area contributed by atoms with E-state index in [-0.39, 0.29) is 16.8 Å². The quantitative estimate of drug-likeness (QED) is 0.843. The van der Waals surface area contributed by atoms with E-state index in [9.17, 15) is 13.2 Å². The fraction of sp³-hybridized carbons (Fsp3) is 0.350. The van der Waals surface area contributed by atoms with E-state index in [1.54, 1.807) is 12.1 Å². The number of carbonyl (C=O) groups is 1. The average Bonchev–Trinajstić information content (AvgIpc) is 2.61. The van der Waals surface area contributed by atoms with Crippen molar-refractivity contribution in [3.8, 4) is 5.75 Å². The van der Waals surface area contributed by atoms with Crippen LogP contribution in [0.3, 0.4) is 0 Å². The number of benzene rings is 2. The highest BCUT2D eigenvalue weighted by molar-refractivity contribution is 7.89. The Balaban J connectivity index is 1.91. The van der Waals surface area contributed by atoms with E-state index in [1.165, 1.54) is 19.2 Å². The second-order valence-corrected chi connectivity index (χ2v) is 9.26. The zero-order valence-electron chi connectivity index (χ0n) is 15.9. The molecule has 0 fully saturated rings. The summed E-state index contributed by atoms with van der Waals surface area (Å²) in [6.45, 7) is 5.95. The summed E-state index contributed by atoms with van der Waals surface area (Å²) in [4.78, 5) is 12.9. The molecule has 2 N–H and O–H groups in total. The van der Waals surface area contributed by atoms with Gasteiger partial charge >= 0.3 is 0 Å². The zero-order valence-corrected chi connectivity index (χ0v) is 16.7. The maximum Gasteiger partial charge on any atom is 0.251 e. The Morgan fingerprint density at radius 3 is 2.63 bits per heavy atom. The number of fused-ring (bicyclic) bond motifs is 1. The van der Waals surface area contributed by atoms with Crippen LogP contribution in [0.15, 0.2) is 47.4 Å². The molecule has 6 nitrogen and oxygen atoms in total. The first-order valence-corrected chi connectivity index (χ1v) is 10.2. The molecule has 2 aromatic carbocycles. The van der Waals surface area contributed by atoms with Gasteiger partial charge in [-0.3, -0.25) is 4.79 Å². The van der Waals surface area contributed by atoms with Crippen molar-refractivity contribution >= 4 is 15.9 Å². The van der Waals surface area contributed by atoms with Crippen LogP contribution in [0.25, 0.3) is 0 Å². The van der Waals surface area contributed by atoms with E-state index < -0.39 is 15.6 Å². The van der Waals surface area contributed by atoms with Crippen molar-refractivity contribution in [2.45, 2.75) is 43.7 Å². The third-order valence-electron chi connectivity index (χ3n) is 4.60. The van der Waals surface area contributed by atoms with E-state index in [4.69, 9.17) is 4.74 Å². The highest BCUT2D eigenvalue weighted by Crippen LogP contribution is 2.40. The molecule has 1 atom stereocenters. The van der Waals surface area contributed by atoms with Gasteiger partial charge in [-0.2, -0.15) is 0 Å². The second kappa shape index (κ2) is 6.98. The molecule has 1 aliphatic heterocycles. The number of sulfonamides is 1. The van der Waals surface area contributed by atoms with Crippen molar-refractivity contribution in [2.75, 3.05) is 7.05 Å². The Hall–Kier alpha value is -2.38. The Morgan fingerprint density at radius 2 is 1.93 bits per heavy atom. The lowest BCUT2D eigenvalue weighted by Crippen LogP contribution is -2.41. The number of ether oxygens (including phenoxy) is 1. The summed E-state index contributed by atoms with van der Waals surface area (Å²) < 4.78 is 32.3. The second-order valence-electron chi connectivity index (χ2n) is 7.37. The van der Waals surface area contributed by atoms with Gasteiger partial charge in [0.25, 0.3) is 5.91 Å². The first-order valence-electron chi connectivity index (χ1n) is 8.75. The summed E-state index contributed by atoms with van der Waals surface area (Å²) >= 11 is 0. The molecule has 3 rings (SSSR count). The molecular weight excluding hydrogens is 364 g/mol. The van der Waals surface area contributed by atoms with Gasteiger partial charge in [0.15, 0.2) is 0 Å². The summed E-state index contributed by atoms with van der Waals surface area (Å²) in [5.41, 5.74) is 1.89. The number of hydrogen-bond donors (Lipinski definition) is 2. The topological polar surface area (TPSA) is 84.5 Å². The molecule has 144 valence electrons. The molecule has 1 amide bonds. The largest absolute Gasteiger partial charge is 0.487 e. The summed E-state index contributed by atoms with van der Waals surface area (Å²) in [6.07, 6.45) is 0.615. The van der Waals surface area contributed by atoms with Crippen molar-refractivity contribution in [2.24, 2.45) is 0 Å². The van der Waals surface area contributed by atoms with E-state index in [1.807, 2.05) is 39.0 Å². The minimum Gasteiger partial charge on any atom is -0.487 e. The van der Waals surface area contributed by atoms with Crippen molar-refractivity contribution in [1.29, 1.82) is 0 Å². The minimum atomic E-state index is -3.61. The predicted molar refractivity (Wildman–Crippen MR) is 103 cm³/mol. The maximum atomic E-state index is 12.8. The fourth-order valence-electron chi connectivity index (χ4n) is 3.27. The molecule has 1 aliphatic rings. The van der Waals surface area contributed by atoms with Crippen molar-refractivity contribution in [3.05, 3.63) is 59.2 Å². The number of hydrogen-bond acceptors (Lipinski definition) is 4. The van der Waals surface area contributed by atoms with Crippen LogP contribution < -0.4 is 14.8 Å². The number of aryl methyl sites for hydroxylation is 1. The Bertz CT molecular complexity index is 983. The Morgan fingerprint density at radius 1 is 1.19 bits per heavy atom. The van der Waals surface area contributed by atoms with Gasteiger partial charge in [-0.05, 0) is 52.1 Å². The smallest absolute Gasteiger partial charge is 0.251 e. The van der Waals surface area contributed by atoms with Gasteiger partial charge in [0, 0.05) is 17.5 Å². The molecule has 1 heterocycles. The standard InChI is InChI=1S/C20H24N2O4S/c1-13-8-9-18-16(10-13)17(12-20(2,3)26-18)22-19(23)14-6-5-7-15(11-14)27(24,25)21-4/h5-11,17,21H,12H2,1-4H3,(H,22,23)/t17-/m0/s1. The van der Waals surface area contributed by atoms with E-state index in [0.717, 1.165) is 16.9 Å². The van der Waals surface area contributed by atoms with Crippen LogP contribution in [0.5, 0.6) is 5.75 Å². The average molecular weight is 388 g/mol. The molecule has 27 heavy (non-hydrogen) atoms. The van der Waals surface area contributed by atoms with Crippen molar-refractivity contribution in [3.63, 3.8) is 0 Å². The Labute approximate surface area is 160 Å². The number of nitrogens with one attached hydrogen (secondary N) is 2. The summed E-state index contributed by atoms with van der Waals surface area (Å²) in [5.74, 6) is 0.437. The lowest BCUT2D eigenvalue weighted by molar-refractivity contribution is 0.0619. The molecule has 0 radical (unpaired) electrons. The van der Waals surface area contributed by atoms with Gasteiger partial charge in [0.05, 0.1) is 10.9 Å². The van der Waals surface area contributed by atoms with Crippen LogP contribution >= 0.6 is 0 Å². The molecule has 7 heteroatoms. The molecule has 2 aromatic rings. The SMILES string of the molecule is CNS(=O)(=O)c1cccc(C(=O)N[C@H]2CC(C)(C)Oc3ccc(C)cc32)c1. The summed E-state index contributed by atoms with van der Waals surface area (Å²) in [5, 5.41) is 3.04. The van der Waals surface area contributed by atoms with Crippen LogP contribution in [-0.4, -0.2) is 27.0 Å². The zero-order chi connectivity index (χ0) is 19.8. The predicted octanol–water partition coefficient (Wildman–Crippen LogP) is 2.94. The highest BCUT2D eigenvalue weighted by atomic mass is 32.2. The summed E-state index contributed by atoms with van der Waals surface area (Å²) in [6, 6.07) is 11.7. The Kier molecular flexibility index (Phi) is 5.01. The molecule has 0 unspecified atom stereocenters. The molecule has 0 spiro atoms. The number of rotatable bonds is 4. The molecule has 0 aromatic heterocycles. The maximum absolute atomic E-state index is 12.8. The van der Waals surface area contributed by atoms with Crippen LogP contribution in [-0.2, 0) is 10.0 Å². The monoisotopic (exact) mass is 388 g/mol. The third-order valence-corrected chi connectivity index (χ3v) is 6.02. The van der Waals surface area contributed by atoms with Crippen LogP contribution in [0.1, 0.15) is 47.8 Å². The molecule has 0 aliphatic carbocycles. The van der Waals surface area contributed by atoms with Gasteiger partial charge in [-0.15, -0.1) is 0 Å². The molecule has 0 saturated carbocycles. The number of carbonyl (C=O) groups excluding carboxylic acids is 1. The lowest BCUT2D eigenvalue weighted by atomic mass is 9.88. The van der Waals surface area contributed by atoms with E-state index in [0.29, 0.717) is 12.0 Å². The van der Waals surface area contributed by atoms with Crippen LogP contribution in [0.2, 0.25) is 0 Å².